The first-order chi connectivity index (χ1) is 14.6. The molecule has 3 heterocycles. The Morgan fingerprint density at radius 2 is 1.93 bits per heavy atom. The number of nitrogens with zero attached hydrogens (tertiary/aromatic N) is 2. The summed E-state index contributed by atoms with van der Waals surface area (Å²) in [6.07, 6.45) is 2.06. The lowest BCUT2D eigenvalue weighted by atomic mass is 9.98. The summed E-state index contributed by atoms with van der Waals surface area (Å²) >= 11 is 0. The van der Waals surface area contributed by atoms with Crippen LogP contribution in [0.1, 0.15) is 11.3 Å². The molecule has 5 rings (SSSR count). The van der Waals surface area contributed by atoms with E-state index in [4.69, 9.17) is 10.5 Å². The number of fused-ring (bicyclic) bond motifs is 3. The van der Waals surface area contributed by atoms with Crippen LogP contribution in [0.15, 0.2) is 48.7 Å². The van der Waals surface area contributed by atoms with Gasteiger partial charge in [0.1, 0.15) is 0 Å². The zero-order valence-electron chi connectivity index (χ0n) is 16.9. The van der Waals surface area contributed by atoms with Crippen molar-refractivity contribution in [1.29, 1.82) is 0 Å². The molecule has 0 bridgehead atoms. The zero-order chi connectivity index (χ0) is 20.7. The van der Waals surface area contributed by atoms with E-state index in [1.54, 1.807) is 0 Å². The van der Waals surface area contributed by atoms with Gasteiger partial charge < -0.3 is 20.4 Å². The highest BCUT2D eigenvalue weighted by atomic mass is 16.5. The first-order valence-corrected chi connectivity index (χ1v) is 10.2. The summed E-state index contributed by atoms with van der Waals surface area (Å²) in [5, 5.41) is 2.22. The summed E-state index contributed by atoms with van der Waals surface area (Å²) in [6, 6.07) is 14.8. The molecule has 1 aliphatic rings. The molecule has 2 aromatic carbocycles. The molecule has 6 nitrogen and oxygen atoms in total. The van der Waals surface area contributed by atoms with E-state index in [2.05, 4.69) is 45.2 Å². The topological polar surface area (TPSA) is 84.2 Å². The highest BCUT2D eigenvalue weighted by Crippen LogP contribution is 2.34. The molecule has 0 radical (unpaired) electrons. The van der Waals surface area contributed by atoms with Crippen LogP contribution >= 0.6 is 0 Å². The monoisotopic (exact) mass is 400 g/mol. The van der Waals surface area contributed by atoms with Crippen LogP contribution in [0.25, 0.3) is 32.9 Å². The van der Waals surface area contributed by atoms with E-state index in [-0.39, 0.29) is 12.3 Å². The number of nitrogens with one attached hydrogen (secondary N) is 1. The molecule has 2 aromatic heterocycles. The number of anilines is 1. The quantitative estimate of drug-likeness (QED) is 0.549. The Kier molecular flexibility index (Phi) is 4.64. The SMILES string of the molecule is Cc1ccc(-c2cc(CC(N)=O)c3[nH]c4cc(N5CCOCC5)ccc4c3c2)cn1. The van der Waals surface area contributed by atoms with Crippen molar-refractivity contribution >= 4 is 33.4 Å². The minimum atomic E-state index is -0.344. The van der Waals surface area contributed by atoms with Crippen molar-refractivity contribution in [1.82, 2.24) is 9.97 Å². The van der Waals surface area contributed by atoms with Gasteiger partial charge in [-0.3, -0.25) is 9.78 Å². The molecule has 0 aliphatic carbocycles. The van der Waals surface area contributed by atoms with Crippen LogP contribution in [0, 0.1) is 6.92 Å². The Balaban J connectivity index is 1.68. The van der Waals surface area contributed by atoms with Crippen LogP contribution in [-0.2, 0) is 16.0 Å². The number of carbonyl (C=O) groups is 1. The number of hydrogen-bond acceptors (Lipinski definition) is 4. The van der Waals surface area contributed by atoms with E-state index >= 15 is 0 Å². The standard InChI is InChI=1S/C24H24N4O2/c1-15-2-3-16(14-26-15)17-10-18(12-23(25)29)24-21(11-17)20-5-4-19(13-22(20)27-24)28-6-8-30-9-7-28/h2-5,10-11,13-14,27H,6-9,12H2,1H3,(H2,25,29). The molecule has 152 valence electrons. The molecule has 1 amide bonds. The second-order valence-electron chi connectivity index (χ2n) is 7.84. The fourth-order valence-corrected chi connectivity index (χ4v) is 4.22. The number of benzene rings is 2. The minimum absolute atomic E-state index is 0.187. The number of H-pyrrole nitrogens is 1. The zero-order valence-corrected chi connectivity index (χ0v) is 16.9. The number of morpholine rings is 1. The Hall–Kier alpha value is -3.38. The number of aromatic amines is 1. The maximum Gasteiger partial charge on any atom is 0.221 e. The first kappa shape index (κ1) is 18.6. The van der Waals surface area contributed by atoms with Crippen molar-refractivity contribution < 1.29 is 9.53 Å². The van der Waals surface area contributed by atoms with Gasteiger partial charge in [0.05, 0.1) is 25.2 Å². The van der Waals surface area contributed by atoms with E-state index in [1.807, 2.05) is 25.3 Å². The van der Waals surface area contributed by atoms with Gasteiger partial charge in [-0.1, -0.05) is 12.1 Å². The van der Waals surface area contributed by atoms with E-state index in [0.29, 0.717) is 0 Å². The smallest absolute Gasteiger partial charge is 0.221 e. The van der Waals surface area contributed by atoms with Gasteiger partial charge in [0.25, 0.3) is 0 Å². The summed E-state index contributed by atoms with van der Waals surface area (Å²) in [5.74, 6) is -0.344. The van der Waals surface area contributed by atoms with Crippen molar-refractivity contribution in [3.8, 4) is 11.1 Å². The average Bonchev–Trinajstić information content (AvgIpc) is 3.13. The van der Waals surface area contributed by atoms with E-state index in [1.165, 1.54) is 5.69 Å². The number of pyridine rings is 1. The third kappa shape index (κ3) is 3.39. The van der Waals surface area contributed by atoms with Crippen molar-refractivity contribution in [2.45, 2.75) is 13.3 Å². The minimum Gasteiger partial charge on any atom is -0.378 e. The highest BCUT2D eigenvalue weighted by Gasteiger charge is 2.16. The van der Waals surface area contributed by atoms with Gasteiger partial charge >= 0.3 is 0 Å². The lowest BCUT2D eigenvalue weighted by molar-refractivity contribution is -0.117. The summed E-state index contributed by atoms with van der Waals surface area (Å²) in [7, 11) is 0. The maximum absolute atomic E-state index is 11.8. The third-order valence-electron chi connectivity index (χ3n) is 5.76. The van der Waals surface area contributed by atoms with Crippen molar-refractivity contribution in [3.05, 3.63) is 59.9 Å². The second kappa shape index (κ2) is 7.46. The number of primary amides is 1. The molecule has 0 saturated carbocycles. The molecule has 1 aliphatic heterocycles. The maximum atomic E-state index is 11.8. The van der Waals surface area contributed by atoms with Gasteiger partial charge in [0, 0.05) is 52.5 Å². The number of hydrogen-bond donors (Lipinski definition) is 2. The molecule has 0 atom stereocenters. The summed E-state index contributed by atoms with van der Waals surface area (Å²) < 4.78 is 5.47. The molecule has 1 saturated heterocycles. The number of aryl methyl sites for hydroxylation is 1. The molecule has 0 unspecified atom stereocenters. The summed E-state index contributed by atoms with van der Waals surface area (Å²) in [6.45, 7) is 5.26. The predicted octanol–water partition coefficient (Wildman–Crippen LogP) is 3.56. The van der Waals surface area contributed by atoms with Gasteiger partial charge in [0.2, 0.25) is 5.91 Å². The van der Waals surface area contributed by atoms with Crippen LogP contribution in [0.5, 0.6) is 0 Å². The van der Waals surface area contributed by atoms with Gasteiger partial charge in [-0.2, -0.15) is 0 Å². The lowest BCUT2D eigenvalue weighted by Crippen LogP contribution is -2.36. The molecule has 0 spiro atoms. The fourth-order valence-electron chi connectivity index (χ4n) is 4.22. The lowest BCUT2D eigenvalue weighted by Gasteiger charge is -2.28. The van der Waals surface area contributed by atoms with Gasteiger partial charge in [-0.15, -0.1) is 0 Å². The van der Waals surface area contributed by atoms with Crippen LogP contribution < -0.4 is 10.6 Å². The largest absolute Gasteiger partial charge is 0.378 e. The van der Waals surface area contributed by atoms with E-state index in [0.717, 1.165) is 70.5 Å². The van der Waals surface area contributed by atoms with E-state index < -0.39 is 0 Å². The van der Waals surface area contributed by atoms with E-state index in [9.17, 15) is 4.79 Å². The number of rotatable bonds is 4. The molecule has 3 N–H and O–H groups in total. The molecular weight excluding hydrogens is 376 g/mol. The fraction of sp³-hybridized carbons (Fsp3) is 0.250. The number of aromatic nitrogens is 2. The number of carbonyl (C=O) groups excluding carboxylic acids is 1. The van der Waals surface area contributed by atoms with Crippen molar-refractivity contribution in [2.75, 3.05) is 31.2 Å². The Labute approximate surface area is 174 Å². The van der Waals surface area contributed by atoms with Gasteiger partial charge in [-0.05, 0) is 48.4 Å². The molecule has 4 aromatic rings. The Morgan fingerprint density at radius 1 is 1.10 bits per heavy atom. The van der Waals surface area contributed by atoms with Gasteiger partial charge in [-0.25, -0.2) is 0 Å². The van der Waals surface area contributed by atoms with Crippen LogP contribution in [0.2, 0.25) is 0 Å². The van der Waals surface area contributed by atoms with Crippen LogP contribution in [0.4, 0.5) is 5.69 Å². The third-order valence-corrected chi connectivity index (χ3v) is 5.76. The van der Waals surface area contributed by atoms with Crippen LogP contribution in [-0.4, -0.2) is 42.2 Å². The Bertz CT molecular complexity index is 1240. The number of ether oxygens (including phenoxy) is 1. The summed E-state index contributed by atoms with van der Waals surface area (Å²) in [4.78, 5) is 22.1. The molecule has 6 heteroatoms. The second-order valence-corrected chi connectivity index (χ2v) is 7.84. The van der Waals surface area contributed by atoms with Crippen LogP contribution in [0.3, 0.4) is 0 Å². The molecule has 30 heavy (non-hydrogen) atoms. The highest BCUT2D eigenvalue weighted by molar-refractivity contribution is 6.11. The average molecular weight is 400 g/mol. The van der Waals surface area contributed by atoms with Gasteiger partial charge in [0.15, 0.2) is 0 Å². The molecular formula is C24H24N4O2. The Morgan fingerprint density at radius 3 is 2.67 bits per heavy atom. The normalized spacial score (nSPS) is 14.5. The summed E-state index contributed by atoms with van der Waals surface area (Å²) in [5.41, 5.74) is 12.7. The van der Waals surface area contributed by atoms with Crippen molar-refractivity contribution in [2.24, 2.45) is 5.73 Å². The molecule has 1 fully saturated rings. The predicted molar refractivity (Wildman–Crippen MR) is 120 cm³/mol. The number of amides is 1. The van der Waals surface area contributed by atoms with Crippen molar-refractivity contribution in [3.63, 3.8) is 0 Å². The first-order valence-electron chi connectivity index (χ1n) is 10.2. The number of nitrogens with two attached hydrogens (primary N) is 1.